The zero-order chi connectivity index (χ0) is 12.8. The Morgan fingerprint density at radius 1 is 1.17 bits per heavy atom. The Morgan fingerprint density at radius 2 is 1.89 bits per heavy atom. The Balaban J connectivity index is 2.24. The Hall–Kier alpha value is -1.81. The summed E-state index contributed by atoms with van der Waals surface area (Å²) in [5.74, 6) is -0.267. The molecule has 3 nitrogen and oxygen atoms in total. The minimum absolute atomic E-state index is 0.267. The Kier molecular flexibility index (Phi) is 4.36. The van der Waals surface area contributed by atoms with E-state index in [2.05, 4.69) is 4.98 Å². The van der Waals surface area contributed by atoms with Crippen molar-refractivity contribution in [2.75, 3.05) is 7.11 Å². The van der Waals surface area contributed by atoms with E-state index in [9.17, 15) is 4.79 Å². The van der Waals surface area contributed by atoms with Gasteiger partial charge in [0, 0.05) is 6.20 Å². The number of aromatic nitrogens is 1. The van der Waals surface area contributed by atoms with Crippen LogP contribution in [0.4, 0.5) is 0 Å². The van der Waals surface area contributed by atoms with Gasteiger partial charge in [-0.2, -0.15) is 0 Å². The van der Waals surface area contributed by atoms with Crippen molar-refractivity contribution in [1.29, 1.82) is 0 Å². The van der Waals surface area contributed by atoms with Crippen LogP contribution >= 0.6 is 11.8 Å². The maximum Gasteiger partial charge on any atom is 0.323 e. The molecule has 0 aliphatic rings. The molecule has 18 heavy (non-hydrogen) atoms. The molecular weight excluding hydrogens is 246 g/mol. The molecule has 0 unspecified atom stereocenters. The number of methoxy groups -OCH3 is 1. The van der Waals surface area contributed by atoms with E-state index in [1.807, 2.05) is 48.5 Å². The van der Waals surface area contributed by atoms with E-state index < -0.39 is 0 Å². The molecule has 4 heteroatoms. The first kappa shape index (κ1) is 12.6. The molecule has 1 aromatic carbocycles. The molecule has 0 radical (unpaired) electrons. The Morgan fingerprint density at radius 3 is 2.50 bits per heavy atom. The number of benzene rings is 1. The highest BCUT2D eigenvalue weighted by atomic mass is 32.2. The van der Waals surface area contributed by atoms with E-state index in [-0.39, 0.29) is 11.2 Å². The fourth-order valence-electron chi connectivity index (χ4n) is 1.52. The van der Waals surface area contributed by atoms with Gasteiger partial charge in [0.2, 0.25) is 0 Å². The van der Waals surface area contributed by atoms with Crippen molar-refractivity contribution in [1.82, 2.24) is 4.98 Å². The highest BCUT2D eigenvalue weighted by Crippen LogP contribution is 2.34. The molecule has 0 aliphatic carbocycles. The largest absolute Gasteiger partial charge is 0.468 e. The first-order valence-electron chi connectivity index (χ1n) is 5.51. The average molecular weight is 259 g/mol. The predicted molar refractivity (Wildman–Crippen MR) is 71.3 cm³/mol. The summed E-state index contributed by atoms with van der Waals surface area (Å²) in [6.07, 6.45) is 1.71. The van der Waals surface area contributed by atoms with E-state index in [1.54, 1.807) is 6.20 Å². The summed E-state index contributed by atoms with van der Waals surface area (Å²) < 4.78 is 4.85. The number of nitrogens with zero attached hydrogens (tertiary/aromatic N) is 1. The smallest absolute Gasteiger partial charge is 0.323 e. The van der Waals surface area contributed by atoms with Crippen LogP contribution in [0.1, 0.15) is 10.8 Å². The number of ether oxygens (including phenoxy) is 1. The average Bonchev–Trinajstić information content (AvgIpc) is 2.46. The van der Waals surface area contributed by atoms with Gasteiger partial charge in [-0.05, 0) is 17.7 Å². The molecule has 0 amide bonds. The van der Waals surface area contributed by atoms with Crippen LogP contribution in [0.2, 0.25) is 0 Å². The first-order valence-corrected chi connectivity index (χ1v) is 6.39. The van der Waals surface area contributed by atoms with Crippen LogP contribution in [-0.4, -0.2) is 18.1 Å². The van der Waals surface area contributed by atoms with Crippen LogP contribution in [0, 0.1) is 0 Å². The number of pyridine rings is 1. The van der Waals surface area contributed by atoms with Gasteiger partial charge < -0.3 is 4.74 Å². The van der Waals surface area contributed by atoms with Crippen molar-refractivity contribution < 1.29 is 9.53 Å². The predicted octanol–water partition coefficient (Wildman–Crippen LogP) is 3.09. The number of carbonyl (C=O) groups is 1. The summed E-state index contributed by atoms with van der Waals surface area (Å²) in [6, 6.07) is 15.2. The minimum Gasteiger partial charge on any atom is -0.468 e. The summed E-state index contributed by atoms with van der Waals surface area (Å²) >= 11 is 1.39. The van der Waals surface area contributed by atoms with E-state index in [4.69, 9.17) is 4.74 Å². The van der Waals surface area contributed by atoms with Crippen LogP contribution in [0.15, 0.2) is 59.8 Å². The third-order valence-corrected chi connectivity index (χ3v) is 3.58. The third kappa shape index (κ3) is 3.11. The molecule has 0 fully saturated rings. The van der Waals surface area contributed by atoms with Crippen molar-refractivity contribution in [3.63, 3.8) is 0 Å². The van der Waals surface area contributed by atoms with Crippen LogP contribution in [0.25, 0.3) is 0 Å². The summed E-state index contributed by atoms with van der Waals surface area (Å²) in [7, 11) is 1.40. The zero-order valence-corrected chi connectivity index (χ0v) is 10.8. The molecule has 0 bridgehead atoms. The number of hydrogen-bond acceptors (Lipinski definition) is 4. The van der Waals surface area contributed by atoms with Gasteiger partial charge in [0.1, 0.15) is 5.25 Å². The summed E-state index contributed by atoms with van der Waals surface area (Å²) in [6.45, 7) is 0. The zero-order valence-electron chi connectivity index (χ0n) is 9.95. The lowest BCUT2D eigenvalue weighted by Crippen LogP contribution is -2.11. The summed E-state index contributed by atoms with van der Waals surface area (Å²) in [5, 5.41) is 0.419. The molecule has 0 spiro atoms. The Bertz CT molecular complexity index is 502. The molecule has 0 saturated heterocycles. The van der Waals surface area contributed by atoms with E-state index in [0.29, 0.717) is 0 Å². The fourth-order valence-corrected chi connectivity index (χ4v) is 2.53. The Labute approximate surface area is 110 Å². The number of carbonyl (C=O) groups excluding carboxylic acids is 1. The van der Waals surface area contributed by atoms with Crippen LogP contribution in [-0.2, 0) is 9.53 Å². The van der Waals surface area contributed by atoms with Crippen molar-refractivity contribution in [2.45, 2.75) is 10.3 Å². The molecule has 0 N–H and O–H groups in total. The van der Waals surface area contributed by atoms with Crippen LogP contribution < -0.4 is 0 Å². The van der Waals surface area contributed by atoms with Crippen LogP contribution in [0.3, 0.4) is 0 Å². The fraction of sp³-hybridized carbons (Fsp3) is 0.143. The molecule has 0 saturated carbocycles. The lowest BCUT2D eigenvalue weighted by atomic mass is 10.1. The van der Waals surface area contributed by atoms with E-state index >= 15 is 0 Å². The number of esters is 1. The van der Waals surface area contributed by atoms with Gasteiger partial charge in [-0.15, -0.1) is 0 Å². The normalized spacial score (nSPS) is 11.8. The van der Waals surface area contributed by atoms with Crippen molar-refractivity contribution >= 4 is 17.7 Å². The summed E-state index contributed by atoms with van der Waals surface area (Å²) in [5.41, 5.74) is 0.917. The topological polar surface area (TPSA) is 39.2 Å². The van der Waals surface area contributed by atoms with Gasteiger partial charge in [-0.3, -0.25) is 4.79 Å². The molecule has 1 heterocycles. The lowest BCUT2D eigenvalue weighted by molar-refractivity contribution is -0.140. The van der Waals surface area contributed by atoms with Crippen LogP contribution in [0.5, 0.6) is 0 Å². The van der Waals surface area contributed by atoms with Gasteiger partial charge in [0.15, 0.2) is 0 Å². The minimum atomic E-state index is -0.383. The highest BCUT2D eigenvalue weighted by molar-refractivity contribution is 8.00. The van der Waals surface area contributed by atoms with Gasteiger partial charge in [0.25, 0.3) is 0 Å². The van der Waals surface area contributed by atoms with Crippen molar-refractivity contribution in [3.05, 3.63) is 60.3 Å². The number of hydrogen-bond donors (Lipinski definition) is 0. The van der Waals surface area contributed by atoms with Gasteiger partial charge >= 0.3 is 5.97 Å². The maximum absolute atomic E-state index is 11.8. The second kappa shape index (κ2) is 6.21. The second-order valence-corrected chi connectivity index (χ2v) is 4.73. The molecule has 2 rings (SSSR count). The molecule has 1 aromatic heterocycles. The lowest BCUT2D eigenvalue weighted by Gasteiger charge is -2.13. The van der Waals surface area contributed by atoms with E-state index in [1.165, 1.54) is 18.9 Å². The van der Waals surface area contributed by atoms with Crippen molar-refractivity contribution in [3.8, 4) is 0 Å². The molecule has 92 valence electrons. The standard InChI is InChI=1S/C14H13NO2S/c1-17-14(16)13(11-7-3-2-4-8-11)18-12-9-5-6-10-15-12/h2-10,13H,1H3/t13-/m1/s1. The van der Waals surface area contributed by atoms with Gasteiger partial charge in [-0.25, -0.2) is 4.98 Å². The van der Waals surface area contributed by atoms with Gasteiger partial charge in [0.05, 0.1) is 12.1 Å². The van der Waals surface area contributed by atoms with E-state index in [0.717, 1.165) is 10.6 Å². The first-order chi connectivity index (χ1) is 8.81. The molecular formula is C14H13NO2S. The second-order valence-electron chi connectivity index (χ2n) is 3.60. The van der Waals surface area contributed by atoms with Crippen molar-refractivity contribution in [2.24, 2.45) is 0 Å². The quantitative estimate of drug-likeness (QED) is 0.625. The monoisotopic (exact) mass is 259 g/mol. The molecule has 0 aliphatic heterocycles. The van der Waals surface area contributed by atoms with Gasteiger partial charge in [-0.1, -0.05) is 48.2 Å². The SMILES string of the molecule is COC(=O)[C@H](Sc1ccccn1)c1ccccc1. The molecule has 2 aromatic rings. The molecule has 1 atom stereocenters. The third-order valence-electron chi connectivity index (χ3n) is 2.39. The summed E-state index contributed by atoms with van der Waals surface area (Å²) in [4.78, 5) is 16.1. The maximum atomic E-state index is 11.8. The number of rotatable bonds is 4. The highest BCUT2D eigenvalue weighted by Gasteiger charge is 2.22. The number of thioether (sulfide) groups is 1.